The molecule has 0 saturated carbocycles. The van der Waals surface area contributed by atoms with Gasteiger partial charge in [-0.15, -0.1) is 0 Å². The number of hydrogen-bond acceptors (Lipinski definition) is 3. The van der Waals surface area contributed by atoms with Crippen LogP contribution in [0.2, 0.25) is 6.04 Å². The molecule has 0 aromatic carbocycles. The van der Waals surface area contributed by atoms with Crippen molar-refractivity contribution < 1.29 is 8.85 Å². The quantitative estimate of drug-likeness (QED) is 0.611. The Morgan fingerprint density at radius 2 is 1.67 bits per heavy atom. The monoisotopic (exact) mass is 151 g/mol. The molecule has 0 heterocycles. The second-order valence-electron chi connectivity index (χ2n) is 1.69. The van der Waals surface area contributed by atoms with Crippen LogP contribution in [0.4, 0.5) is 0 Å². The first-order valence-corrected chi connectivity index (χ1v) is 4.66. The first kappa shape index (κ1) is 11.8. The molecule has 0 bridgehead atoms. The predicted molar refractivity (Wildman–Crippen MR) is 41.3 cm³/mol. The Bertz CT molecular complexity index is 50.2. The van der Waals surface area contributed by atoms with Crippen LogP contribution < -0.4 is 6.15 Å². The zero-order chi connectivity index (χ0) is 6.41. The van der Waals surface area contributed by atoms with Crippen molar-refractivity contribution in [3.63, 3.8) is 0 Å². The van der Waals surface area contributed by atoms with Gasteiger partial charge in [0.25, 0.3) is 0 Å². The van der Waals surface area contributed by atoms with Gasteiger partial charge in [-0.2, -0.15) is 0 Å². The molecule has 0 atom stereocenters. The summed E-state index contributed by atoms with van der Waals surface area (Å²) in [7, 11) is 2.24. The summed E-state index contributed by atoms with van der Waals surface area (Å²) in [5, 5.41) is 0. The van der Waals surface area contributed by atoms with Gasteiger partial charge >= 0.3 is 9.28 Å². The second kappa shape index (κ2) is 8.10. The fraction of sp³-hybridized carbons (Fsp3) is 1.00. The molecule has 0 fully saturated rings. The minimum absolute atomic E-state index is 0. The van der Waals surface area contributed by atoms with Gasteiger partial charge in [0.15, 0.2) is 0 Å². The molecule has 0 radical (unpaired) electrons. The van der Waals surface area contributed by atoms with Crippen LogP contribution >= 0.6 is 0 Å². The molecule has 3 N–H and O–H groups in total. The molecule has 0 aliphatic carbocycles. The third-order valence-electron chi connectivity index (χ3n) is 1.05. The van der Waals surface area contributed by atoms with Crippen molar-refractivity contribution >= 4 is 9.28 Å². The van der Waals surface area contributed by atoms with Gasteiger partial charge in [-0.3, -0.25) is 0 Å². The minimum atomic E-state index is -1.19. The Labute approximate surface area is 58.8 Å². The summed E-state index contributed by atoms with van der Waals surface area (Å²) in [6.45, 7) is 2.14. The molecule has 9 heavy (non-hydrogen) atoms. The number of hydrogen-bond donors (Lipinski definition) is 1. The summed E-state index contributed by atoms with van der Waals surface area (Å²) in [4.78, 5) is 0. The van der Waals surface area contributed by atoms with Crippen LogP contribution in [0.15, 0.2) is 0 Å². The van der Waals surface area contributed by atoms with Crippen molar-refractivity contribution in [1.82, 2.24) is 6.15 Å². The van der Waals surface area contributed by atoms with Crippen molar-refractivity contribution in [3.05, 3.63) is 0 Å². The van der Waals surface area contributed by atoms with Gasteiger partial charge in [-0.25, -0.2) is 0 Å². The zero-order valence-corrected chi connectivity index (χ0v) is 7.67. The molecule has 0 aliphatic rings. The largest absolute Gasteiger partial charge is 0.400 e. The maximum Gasteiger partial charge on any atom is 0.320 e. The fourth-order valence-electron chi connectivity index (χ4n) is 0.568. The average Bonchev–Trinajstić information content (AvgIpc) is 1.83. The molecule has 0 rings (SSSR count). The van der Waals surface area contributed by atoms with Gasteiger partial charge in [0, 0.05) is 14.2 Å². The van der Waals surface area contributed by atoms with Crippen LogP contribution in [0.25, 0.3) is 0 Å². The van der Waals surface area contributed by atoms with Crippen LogP contribution in [0, 0.1) is 0 Å². The molecule has 3 nitrogen and oxygen atoms in total. The van der Waals surface area contributed by atoms with Crippen LogP contribution in [-0.2, 0) is 8.85 Å². The molecule has 0 unspecified atom stereocenters. The summed E-state index contributed by atoms with van der Waals surface area (Å²) in [6, 6.07) is 1.12. The van der Waals surface area contributed by atoms with Gasteiger partial charge in [-0.1, -0.05) is 13.3 Å². The van der Waals surface area contributed by atoms with Gasteiger partial charge in [0.05, 0.1) is 0 Å². The maximum atomic E-state index is 5.06. The minimum Gasteiger partial charge on any atom is -0.400 e. The summed E-state index contributed by atoms with van der Waals surface area (Å²) in [5.74, 6) is 0. The molecule has 0 aromatic rings. The van der Waals surface area contributed by atoms with Gasteiger partial charge in [-0.05, 0) is 6.04 Å². The van der Waals surface area contributed by atoms with Crippen molar-refractivity contribution in [1.29, 1.82) is 0 Å². The first-order valence-electron chi connectivity index (χ1n) is 2.90. The third-order valence-corrected chi connectivity index (χ3v) is 3.15. The van der Waals surface area contributed by atoms with E-state index in [0.717, 1.165) is 6.04 Å². The molecule has 0 saturated heterocycles. The summed E-state index contributed by atoms with van der Waals surface area (Å²) >= 11 is 0. The van der Waals surface area contributed by atoms with Crippen LogP contribution in [0.1, 0.15) is 13.3 Å². The average molecular weight is 151 g/mol. The highest BCUT2D eigenvalue weighted by Gasteiger charge is 2.05. The maximum absolute atomic E-state index is 5.06. The Morgan fingerprint density at radius 1 is 1.22 bits per heavy atom. The highest BCUT2D eigenvalue weighted by atomic mass is 28.3. The van der Waals surface area contributed by atoms with Gasteiger partial charge < -0.3 is 15.0 Å². The van der Waals surface area contributed by atoms with E-state index >= 15 is 0 Å². The van der Waals surface area contributed by atoms with E-state index in [1.54, 1.807) is 14.2 Å². The normalized spacial score (nSPS) is 9.33. The summed E-state index contributed by atoms with van der Waals surface area (Å²) < 4.78 is 10.1. The van der Waals surface area contributed by atoms with E-state index in [-0.39, 0.29) is 6.15 Å². The SMILES string of the molecule is CCC[SiH](OC)OC.N. The smallest absolute Gasteiger partial charge is 0.320 e. The Balaban J connectivity index is 0. The highest BCUT2D eigenvalue weighted by molar-refractivity contribution is 6.44. The van der Waals surface area contributed by atoms with E-state index in [1.165, 1.54) is 6.42 Å². The molecular formula is C5H17NO2Si. The third kappa shape index (κ3) is 5.98. The van der Waals surface area contributed by atoms with Crippen LogP contribution in [-0.4, -0.2) is 23.5 Å². The van der Waals surface area contributed by atoms with E-state index in [0.29, 0.717) is 0 Å². The molecule has 58 valence electrons. The van der Waals surface area contributed by atoms with E-state index in [4.69, 9.17) is 8.85 Å². The molecular weight excluding hydrogens is 134 g/mol. The summed E-state index contributed by atoms with van der Waals surface area (Å²) in [5.41, 5.74) is 0. The molecule has 4 heteroatoms. The van der Waals surface area contributed by atoms with E-state index in [2.05, 4.69) is 6.92 Å². The first-order chi connectivity index (χ1) is 3.85. The van der Waals surface area contributed by atoms with Crippen molar-refractivity contribution in [2.75, 3.05) is 14.2 Å². The predicted octanol–water partition coefficient (Wildman–Crippen LogP) is 1.07. The lowest BCUT2D eigenvalue weighted by Gasteiger charge is -2.07. The molecule has 0 spiro atoms. The van der Waals surface area contributed by atoms with Crippen molar-refractivity contribution in [2.45, 2.75) is 19.4 Å². The van der Waals surface area contributed by atoms with Gasteiger partial charge in [0.1, 0.15) is 0 Å². The van der Waals surface area contributed by atoms with E-state index in [1.807, 2.05) is 0 Å². The number of rotatable bonds is 4. The topological polar surface area (TPSA) is 53.5 Å². The lowest BCUT2D eigenvalue weighted by atomic mass is 10.6. The van der Waals surface area contributed by atoms with Crippen LogP contribution in [0.5, 0.6) is 0 Å². The second-order valence-corrected chi connectivity index (χ2v) is 4.07. The molecule has 0 amide bonds. The standard InChI is InChI=1S/C5H14O2Si.H3N/c1-4-5-8(6-2)7-3;/h8H,4-5H2,1-3H3;1H3. The van der Waals surface area contributed by atoms with Gasteiger partial charge in [0.2, 0.25) is 0 Å². The van der Waals surface area contributed by atoms with Crippen LogP contribution in [0.3, 0.4) is 0 Å². The molecule has 0 aromatic heterocycles. The Kier molecular flexibility index (Phi) is 10.7. The lowest BCUT2D eigenvalue weighted by Crippen LogP contribution is -2.17. The van der Waals surface area contributed by atoms with E-state index in [9.17, 15) is 0 Å². The van der Waals surface area contributed by atoms with Crippen molar-refractivity contribution in [2.24, 2.45) is 0 Å². The Morgan fingerprint density at radius 3 is 1.78 bits per heavy atom. The summed E-state index contributed by atoms with van der Waals surface area (Å²) in [6.07, 6.45) is 1.17. The Hall–Kier alpha value is 0.0969. The lowest BCUT2D eigenvalue weighted by molar-refractivity contribution is 0.277. The molecule has 0 aliphatic heterocycles. The van der Waals surface area contributed by atoms with E-state index < -0.39 is 9.28 Å². The van der Waals surface area contributed by atoms with Crippen molar-refractivity contribution in [3.8, 4) is 0 Å². The fourth-order valence-corrected chi connectivity index (χ4v) is 1.70. The zero-order valence-electron chi connectivity index (χ0n) is 6.52. The highest BCUT2D eigenvalue weighted by Crippen LogP contribution is 1.96.